The van der Waals surface area contributed by atoms with Gasteiger partial charge in [-0.1, -0.05) is 52.1 Å². The number of aromatic amines is 2. The lowest BCUT2D eigenvalue weighted by Crippen LogP contribution is -2.29. The first-order valence-electron chi connectivity index (χ1n) is 23.5. The molecule has 0 radical (unpaired) electrons. The lowest BCUT2D eigenvalue weighted by atomic mass is 10.1. The van der Waals surface area contributed by atoms with E-state index in [1.54, 1.807) is 67.2 Å². The molecule has 2 N–H and O–H groups in total. The van der Waals surface area contributed by atoms with Crippen molar-refractivity contribution in [2.75, 3.05) is 13.6 Å². The van der Waals surface area contributed by atoms with Crippen LogP contribution in [0.1, 0.15) is 11.4 Å². The lowest BCUT2D eigenvalue weighted by molar-refractivity contribution is -0.134. The molecule has 0 unspecified atom stereocenters. The smallest absolute Gasteiger partial charge is 0.347 e. The highest BCUT2D eigenvalue weighted by molar-refractivity contribution is 6.45. The zero-order valence-corrected chi connectivity index (χ0v) is 42.4. The van der Waals surface area contributed by atoms with Crippen molar-refractivity contribution in [3.63, 3.8) is 0 Å². The molecule has 0 aliphatic carbocycles. The molecule has 0 amide bonds. The summed E-state index contributed by atoms with van der Waals surface area (Å²) >= 11 is 0. The monoisotopic (exact) mass is 1060 g/mol. The van der Waals surface area contributed by atoms with E-state index in [4.69, 9.17) is 28.4 Å². The molecule has 3 aromatic heterocycles. The van der Waals surface area contributed by atoms with Crippen molar-refractivity contribution in [1.82, 2.24) is 19.4 Å². The molecular formula is C59H46N8O12. The molecule has 0 atom stereocenters. The van der Waals surface area contributed by atoms with Crippen LogP contribution >= 0.6 is 0 Å². The van der Waals surface area contributed by atoms with Crippen LogP contribution in [0.4, 0.5) is 0 Å². The van der Waals surface area contributed by atoms with Gasteiger partial charge < -0.3 is 47.9 Å². The highest BCUT2D eigenvalue weighted by Gasteiger charge is 2.33. The molecular weight excluding hydrogens is 1010 g/mol. The van der Waals surface area contributed by atoms with Crippen LogP contribution in [0.5, 0.6) is 0 Å². The van der Waals surface area contributed by atoms with Gasteiger partial charge in [-0.05, 0) is 91.1 Å². The van der Waals surface area contributed by atoms with Crippen molar-refractivity contribution in [3.8, 4) is 11.4 Å². The van der Waals surface area contributed by atoms with E-state index in [0.29, 0.717) is 34.3 Å². The normalized spacial score (nSPS) is 18.3. The topological polar surface area (TPSA) is 247 Å². The number of aliphatic imine (C=N–C) groups is 4. The minimum atomic E-state index is -0.900. The molecule has 394 valence electrons. The third kappa shape index (κ3) is 11.0. The fraction of sp³-hybridized carbons (Fsp3) is 0.0508. The molecule has 20 heteroatoms. The molecule has 5 aliphatic heterocycles. The first-order valence-corrected chi connectivity index (χ1v) is 23.5. The van der Waals surface area contributed by atoms with Crippen LogP contribution in [0.15, 0.2) is 239 Å². The van der Waals surface area contributed by atoms with Crippen LogP contribution in [-0.4, -0.2) is 91.7 Å². The van der Waals surface area contributed by atoms with Gasteiger partial charge in [0.05, 0.1) is 117 Å². The highest BCUT2D eigenvalue weighted by atomic mass is 16.5. The van der Waals surface area contributed by atoms with Gasteiger partial charge in [0.1, 0.15) is 33.4 Å². The Morgan fingerprint density at radius 2 is 0.785 bits per heavy atom. The number of likely N-dealkylation sites (N-methyl/N-ethyl adjacent to an activating group) is 1. The van der Waals surface area contributed by atoms with Crippen LogP contribution in [0, 0.1) is 0 Å². The Hall–Kier alpha value is -11.3. The standard InChI is InChI=1S/C59H46N8O12/c1-10-74-54(68)48(38-23-25-40(62-38)50(56(70)76-12-3)42-27-29-44(64-42)52(58(72)78-14-5)46-17-16-32-66(46)8)36-21-19-34(60-36)35-20-22-37(61-35)49(55(69)75-11-2)39-24-26-41(63-39)51(57(71)77-13-4)43-28-30-45(65-43)53(59(73)79-15-6)47-31-18-33(7)67(47)9/h10-31,60-61H,1-7,32H2,8-9H3/b48-38+,49-39+,50-42+,51-43+,52-46+,53-47+. The second kappa shape index (κ2) is 23.5. The zero-order chi connectivity index (χ0) is 56.5. The van der Waals surface area contributed by atoms with E-state index in [2.05, 4.69) is 76.0 Å². The van der Waals surface area contributed by atoms with E-state index in [0.717, 1.165) is 37.6 Å². The van der Waals surface area contributed by atoms with Crippen molar-refractivity contribution in [1.29, 1.82) is 0 Å². The maximum absolute atomic E-state index is 13.8. The number of nitrogens with zero attached hydrogens (tertiary/aromatic N) is 6. The first kappa shape index (κ1) is 54.0. The van der Waals surface area contributed by atoms with Crippen LogP contribution < -0.4 is 10.7 Å². The fourth-order valence-corrected chi connectivity index (χ4v) is 8.46. The number of H-pyrrole nitrogens is 2. The number of esters is 6. The Balaban J connectivity index is 1.17. The number of ether oxygens (including phenoxy) is 6. The van der Waals surface area contributed by atoms with Gasteiger partial charge in [-0.2, -0.15) is 0 Å². The summed E-state index contributed by atoms with van der Waals surface area (Å²) in [5, 5.41) is 1.03. The van der Waals surface area contributed by atoms with Crippen molar-refractivity contribution >= 4 is 82.0 Å². The van der Waals surface area contributed by atoms with Crippen LogP contribution in [0.25, 0.3) is 34.7 Å². The van der Waals surface area contributed by atoms with Crippen LogP contribution in [0.2, 0.25) is 0 Å². The predicted octanol–water partition coefficient (Wildman–Crippen LogP) is 6.46. The average Bonchev–Trinajstić information content (AvgIpc) is 4.39. The SMILES string of the molecule is C=COC(=O)/C(C1=N/C(=C(/C(=O)OC=C)c2ccc(-c3ccc(/C(C(=O)OC=C)=C4/C=CC(C(/C(=O)OC=C)=C5/C=CC(C(/C(=O)OC=C)=c6/ccc(=C)n6C)=N5)=N4)[nH]3)[nH]2)C=C1)=C1\C=CC(C(/C(=O)OC=C)=C2/C=CCN2C)=N1. The van der Waals surface area contributed by atoms with Gasteiger partial charge in [-0.3, -0.25) is 0 Å². The van der Waals surface area contributed by atoms with Gasteiger partial charge >= 0.3 is 35.8 Å². The van der Waals surface area contributed by atoms with Gasteiger partial charge in [0.15, 0.2) is 0 Å². The van der Waals surface area contributed by atoms with Gasteiger partial charge in [-0.15, -0.1) is 0 Å². The number of hydrogen-bond acceptors (Lipinski definition) is 17. The molecule has 5 aliphatic rings. The fourth-order valence-electron chi connectivity index (χ4n) is 8.46. The number of rotatable bonds is 19. The van der Waals surface area contributed by atoms with Crippen molar-refractivity contribution < 1.29 is 57.2 Å². The van der Waals surface area contributed by atoms with Crippen molar-refractivity contribution in [3.05, 3.63) is 241 Å². The number of carbonyl (C=O) groups is 6. The summed E-state index contributed by atoms with van der Waals surface area (Å²) in [6, 6.07) is 9.85. The largest absolute Gasteiger partial charge is 0.431 e. The highest BCUT2D eigenvalue weighted by Crippen LogP contribution is 2.34. The van der Waals surface area contributed by atoms with Gasteiger partial charge in [-0.25, -0.2) is 48.7 Å². The van der Waals surface area contributed by atoms with Gasteiger partial charge in [0.2, 0.25) is 0 Å². The quantitative estimate of drug-likeness (QED) is 0.0567. The summed E-state index contributed by atoms with van der Waals surface area (Å²) in [7, 11) is 3.50. The second-order valence-electron chi connectivity index (χ2n) is 16.6. The summed E-state index contributed by atoms with van der Waals surface area (Å²) in [4.78, 5) is 108. The van der Waals surface area contributed by atoms with E-state index < -0.39 is 35.8 Å². The van der Waals surface area contributed by atoms with Gasteiger partial charge in [0.25, 0.3) is 0 Å². The Kier molecular flexibility index (Phi) is 16.1. The van der Waals surface area contributed by atoms with Crippen molar-refractivity contribution in [2.24, 2.45) is 27.0 Å². The number of hydrogen-bond donors (Lipinski definition) is 2. The molecule has 8 rings (SSSR count). The van der Waals surface area contributed by atoms with E-state index in [1.807, 2.05) is 11.0 Å². The molecule has 8 heterocycles. The molecule has 0 bridgehead atoms. The number of allylic oxidation sites excluding steroid dienone is 9. The molecule has 3 aromatic rings. The zero-order valence-electron chi connectivity index (χ0n) is 42.4. The summed E-state index contributed by atoms with van der Waals surface area (Å²) in [6.45, 7) is 25.6. The number of nitrogens with one attached hydrogen (secondary N) is 2. The van der Waals surface area contributed by atoms with Gasteiger partial charge in [0, 0.05) is 26.0 Å². The second-order valence-corrected chi connectivity index (χ2v) is 16.6. The molecule has 79 heavy (non-hydrogen) atoms. The third-order valence-corrected chi connectivity index (χ3v) is 12.0. The first-order chi connectivity index (χ1) is 38.2. The maximum atomic E-state index is 13.8. The molecule has 0 spiro atoms. The van der Waals surface area contributed by atoms with Crippen LogP contribution in [-0.2, 0) is 64.2 Å². The summed E-state index contributed by atoms with van der Waals surface area (Å²) in [5.41, 5.74) is 2.21. The predicted molar refractivity (Wildman–Crippen MR) is 295 cm³/mol. The van der Waals surface area contributed by atoms with E-state index in [1.165, 1.54) is 42.5 Å². The van der Waals surface area contributed by atoms with E-state index in [9.17, 15) is 28.8 Å². The Morgan fingerprint density at radius 1 is 0.443 bits per heavy atom. The van der Waals surface area contributed by atoms with Crippen LogP contribution in [0.3, 0.4) is 0 Å². The minimum Gasteiger partial charge on any atom is -0.431 e. The molecule has 0 aromatic carbocycles. The Labute approximate surface area is 450 Å². The molecule has 0 saturated carbocycles. The Morgan fingerprint density at radius 3 is 1.14 bits per heavy atom. The molecule has 0 saturated heterocycles. The lowest BCUT2D eigenvalue weighted by Gasteiger charge is -2.16. The molecule has 20 nitrogen and oxygen atoms in total. The molecule has 0 fully saturated rings. The summed E-state index contributed by atoms with van der Waals surface area (Å²) < 4.78 is 32.9. The third-order valence-electron chi connectivity index (χ3n) is 12.0. The number of carbonyl (C=O) groups excluding carboxylic acids is 6. The maximum Gasteiger partial charge on any atom is 0.347 e. The van der Waals surface area contributed by atoms with E-state index in [-0.39, 0.29) is 90.5 Å². The van der Waals surface area contributed by atoms with Crippen molar-refractivity contribution in [2.45, 2.75) is 0 Å². The minimum absolute atomic E-state index is 0.0322. The Bertz CT molecular complexity index is 3870. The summed E-state index contributed by atoms with van der Waals surface area (Å²) in [6.07, 6.45) is 21.4. The average molecular weight is 1060 g/mol. The number of aromatic nitrogens is 3. The van der Waals surface area contributed by atoms with E-state index >= 15 is 0 Å². The summed E-state index contributed by atoms with van der Waals surface area (Å²) in [5.74, 6) is -5.01.